The van der Waals surface area contributed by atoms with Crippen LogP contribution in [0.3, 0.4) is 0 Å². The summed E-state index contributed by atoms with van der Waals surface area (Å²) in [5.74, 6) is 4.04. The van der Waals surface area contributed by atoms with Crippen LogP contribution in [0.1, 0.15) is 58.1 Å². The molecule has 6 rings (SSSR count). The summed E-state index contributed by atoms with van der Waals surface area (Å²) in [4.78, 5) is 19.9. The molecule has 1 aliphatic heterocycles. The maximum atomic E-state index is 6.78. The van der Waals surface area contributed by atoms with Crippen molar-refractivity contribution in [2.45, 2.75) is 47.0 Å². The number of rotatable bonds is 11. The van der Waals surface area contributed by atoms with Crippen LogP contribution in [0.4, 0.5) is 0 Å². The highest BCUT2D eigenvalue weighted by Crippen LogP contribution is 2.31. The number of aliphatic imine (C=N–C) groups is 1. The number of aromatic nitrogens is 3. The number of benzene rings is 4. The smallest absolute Gasteiger partial charge is 0.164 e. The van der Waals surface area contributed by atoms with Crippen molar-refractivity contribution in [2.24, 2.45) is 4.99 Å². The molecule has 54 heavy (non-hydrogen) atoms. The van der Waals surface area contributed by atoms with E-state index < -0.39 is 0 Å². The lowest BCUT2D eigenvalue weighted by Crippen LogP contribution is -2.00. The summed E-state index contributed by atoms with van der Waals surface area (Å²) in [6.07, 6.45) is 24.6. The highest BCUT2D eigenvalue weighted by atomic mass is 35.5. The Morgan fingerprint density at radius 1 is 0.704 bits per heavy atom. The fourth-order valence-electron chi connectivity index (χ4n) is 5.88. The molecule has 0 unspecified atom stereocenters. The van der Waals surface area contributed by atoms with Gasteiger partial charge in [0.05, 0.1) is 5.70 Å². The van der Waals surface area contributed by atoms with Crippen molar-refractivity contribution in [2.75, 3.05) is 0 Å². The molecule has 0 bridgehead atoms. The molecule has 5 aromatic rings. The second-order valence-electron chi connectivity index (χ2n) is 12.4. The van der Waals surface area contributed by atoms with Crippen molar-refractivity contribution in [3.05, 3.63) is 185 Å². The molecule has 268 valence electrons. The zero-order chi connectivity index (χ0) is 38.1. The quantitative estimate of drug-likeness (QED) is 0.101. The summed E-state index contributed by atoms with van der Waals surface area (Å²) in [6, 6.07) is 36.4. The normalized spacial score (nSPS) is 13.4. The Bertz CT molecular complexity index is 2230. The molecule has 5 heteroatoms. The molecule has 0 spiro atoms. The van der Waals surface area contributed by atoms with Gasteiger partial charge in [0.15, 0.2) is 17.5 Å². The van der Waals surface area contributed by atoms with Crippen molar-refractivity contribution < 1.29 is 0 Å². The van der Waals surface area contributed by atoms with Gasteiger partial charge in [-0.25, -0.2) is 15.0 Å². The molecular weight excluding hydrogens is 680 g/mol. The van der Waals surface area contributed by atoms with Crippen molar-refractivity contribution >= 4 is 28.6 Å². The van der Waals surface area contributed by atoms with Crippen LogP contribution in [0.2, 0.25) is 5.02 Å². The molecule has 0 N–H and O–H groups in total. The monoisotopic (exact) mass is 724 g/mol. The molecule has 0 aliphatic carbocycles. The number of terminal acetylenes is 1. The van der Waals surface area contributed by atoms with Crippen LogP contribution in [0.15, 0.2) is 174 Å². The van der Waals surface area contributed by atoms with E-state index in [0.717, 1.165) is 57.6 Å². The number of hydrogen-bond acceptors (Lipinski definition) is 4. The lowest BCUT2D eigenvalue weighted by Gasteiger charge is -2.11. The molecule has 1 aromatic heterocycles. The SMILES string of the molecule is C#CC.C/C=C(\C=C/CC)C1=CCC(C/C=C\C(=C/C)c2cc(Cl)cc(-c3nc(-c4ccccc4)nc(-c4ccccc4)n3)c2)=NC(c2ccccc2)=C1. The molecule has 0 amide bonds. The number of hydrogen-bond donors (Lipinski definition) is 0. The third kappa shape index (κ3) is 10.7. The highest BCUT2D eigenvalue weighted by Gasteiger charge is 2.15. The Labute approximate surface area is 325 Å². The van der Waals surface area contributed by atoms with E-state index in [1.54, 1.807) is 6.92 Å². The third-order valence-corrected chi connectivity index (χ3v) is 8.74. The maximum Gasteiger partial charge on any atom is 0.164 e. The number of allylic oxidation sites excluding steroid dienone is 11. The minimum Gasteiger partial charge on any atom is -0.257 e. The van der Waals surface area contributed by atoms with Crippen LogP contribution in [-0.4, -0.2) is 20.7 Å². The molecule has 0 radical (unpaired) electrons. The second kappa shape index (κ2) is 20.2. The van der Waals surface area contributed by atoms with Crippen LogP contribution in [-0.2, 0) is 0 Å². The van der Waals surface area contributed by atoms with Crippen LogP contribution < -0.4 is 0 Å². The summed E-state index contributed by atoms with van der Waals surface area (Å²) in [5.41, 5.74) is 10.3. The minimum atomic E-state index is 0.566. The Kier molecular flexibility index (Phi) is 14.6. The van der Waals surface area contributed by atoms with Crippen LogP contribution in [0.25, 0.3) is 45.4 Å². The predicted molar refractivity (Wildman–Crippen MR) is 231 cm³/mol. The second-order valence-corrected chi connectivity index (χ2v) is 12.8. The summed E-state index contributed by atoms with van der Waals surface area (Å²) in [7, 11) is 0. The average molecular weight is 725 g/mol. The van der Waals surface area contributed by atoms with E-state index in [1.165, 1.54) is 11.1 Å². The summed E-state index contributed by atoms with van der Waals surface area (Å²) in [5, 5.41) is 0.610. The van der Waals surface area contributed by atoms with Gasteiger partial charge in [-0.3, -0.25) is 4.99 Å². The minimum absolute atomic E-state index is 0.566. The predicted octanol–water partition coefficient (Wildman–Crippen LogP) is 13.2. The van der Waals surface area contributed by atoms with Gasteiger partial charge in [0.1, 0.15) is 0 Å². The Balaban J connectivity index is 0.00000181. The lowest BCUT2D eigenvalue weighted by atomic mass is 10.00. The van der Waals surface area contributed by atoms with Gasteiger partial charge in [0, 0.05) is 45.8 Å². The topological polar surface area (TPSA) is 51.0 Å². The van der Waals surface area contributed by atoms with Crippen molar-refractivity contribution in [1.82, 2.24) is 15.0 Å². The van der Waals surface area contributed by atoms with E-state index >= 15 is 0 Å². The van der Waals surface area contributed by atoms with Gasteiger partial charge in [-0.05, 0) is 73.7 Å². The van der Waals surface area contributed by atoms with Crippen molar-refractivity contribution in [3.8, 4) is 46.5 Å². The summed E-state index contributed by atoms with van der Waals surface area (Å²) >= 11 is 6.78. The Hall–Kier alpha value is -6.15. The number of halogens is 1. The van der Waals surface area contributed by atoms with Gasteiger partial charge in [-0.1, -0.05) is 152 Å². The first-order valence-electron chi connectivity index (χ1n) is 18.2. The first kappa shape index (κ1) is 39.1. The fraction of sp³-hybridized carbons (Fsp3) is 0.143. The fourth-order valence-corrected chi connectivity index (χ4v) is 6.11. The largest absolute Gasteiger partial charge is 0.257 e. The lowest BCUT2D eigenvalue weighted by molar-refractivity contribution is 1.07. The molecule has 4 nitrogen and oxygen atoms in total. The third-order valence-electron chi connectivity index (χ3n) is 8.53. The molecule has 0 fully saturated rings. The Morgan fingerprint density at radius 2 is 1.22 bits per heavy atom. The standard InChI is InChI=1S/C46H41ClN4.C3H4/c1-4-7-18-33(5-2)38-27-28-42(48-43(32-38)35-19-11-8-12-20-35)26-17-25-34(6-3)39-29-40(31-41(47)30-39)46-50-44(36-21-13-9-14-22-36)49-45(51-46)37-23-15-10-16-24-37;1-3-2/h5-25,27,29-32H,4,26,28H2,1-3H3;1H,2H3/b18-7-,25-17-,33-5+,34-6+;. The van der Waals surface area contributed by atoms with E-state index in [9.17, 15) is 0 Å². The zero-order valence-corrected chi connectivity index (χ0v) is 32.1. The highest BCUT2D eigenvalue weighted by molar-refractivity contribution is 6.31. The summed E-state index contributed by atoms with van der Waals surface area (Å²) < 4.78 is 0. The van der Waals surface area contributed by atoms with E-state index in [2.05, 4.69) is 105 Å². The van der Waals surface area contributed by atoms with Crippen LogP contribution in [0.5, 0.6) is 0 Å². The zero-order valence-electron chi connectivity index (χ0n) is 31.4. The van der Waals surface area contributed by atoms with E-state index in [1.807, 2.05) is 85.8 Å². The van der Waals surface area contributed by atoms with Gasteiger partial charge in [0.25, 0.3) is 0 Å². The van der Waals surface area contributed by atoms with Crippen LogP contribution >= 0.6 is 11.6 Å². The van der Waals surface area contributed by atoms with Gasteiger partial charge in [-0.15, -0.1) is 12.3 Å². The maximum absolute atomic E-state index is 6.78. The van der Waals surface area contributed by atoms with Gasteiger partial charge in [-0.2, -0.15) is 0 Å². The molecule has 0 atom stereocenters. The molecular formula is C49H45ClN4. The molecule has 0 saturated carbocycles. The van der Waals surface area contributed by atoms with Crippen LogP contribution in [0, 0.1) is 12.3 Å². The molecule has 1 aliphatic rings. The van der Waals surface area contributed by atoms with E-state index in [4.69, 9.17) is 31.5 Å². The number of nitrogens with zero attached hydrogens (tertiary/aromatic N) is 4. The average Bonchev–Trinajstić information content (AvgIpc) is 3.43. The first-order valence-corrected chi connectivity index (χ1v) is 18.6. The molecule has 2 heterocycles. The van der Waals surface area contributed by atoms with Gasteiger partial charge in [0.2, 0.25) is 0 Å². The van der Waals surface area contributed by atoms with Gasteiger partial charge >= 0.3 is 0 Å². The van der Waals surface area contributed by atoms with Crippen molar-refractivity contribution in [3.63, 3.8) is 0 Å². The van der Waals surface area contributed by atoms with Crippen molar-refractivity contribution in [1.29, 1.82) is 0 Å². The van der Waals surface area contributed by atoms with Gasteiger partial charge < -0.3 is 0 Å². The Morgan fingerprint density at radius 3 is 1.76 bits per heavy atom. The van der Waals surface area contributed by atoms with E-state index in [-0.39, 0.29) is 0 Å². The first-order chi connectivity index (χ1) is 26.5. The molecule has 0 saturated heterocycles. The summed E-state index contributed by atoms with van der Waals surface area (Å²) in [6.45, 7) is 7.94. The molecule has 4 aromatic carbocycles. The van der Waals surface area contributed by atoms with E-state index in [0.29, 0.717) is 28.9 Å².